The average molecular weight is 559 g/mol. The Balaban J connectivity index is 1.54. The third-order valence-corrected chi connectivity index (χ3v) is 6.88. The highest BCUT2D eigenvalue weighted by Gasteiger charge is 2.25. The molecule has 2 aromatic carbocycles. The Hall–Kier alpha value is -4.34. The first-order valence-corrected chi connectivity index (χ1v) is 13.0. The zero-order chi connectivity index (χ0) is 28.2. The van der Waals surface area contributed by atoms with E-state index in [9.17, 15) is 9.59 Å². The number of rotatable bonds is 10. The molecule has 1 unspecified atom stereocenters. The predicted octanol–water partition coefficient (Wildman–Crippen LogP) is 5.47. The maximum absolute atomic E-state index is 13.6. The molecule has 10 heteroatoms. The molecule has 40 heavy (non-hydrogen) atoms. The van der Waals surface area contributed by atoms with Gasteiger partial charge in [-0.15, -0.1) is 0 Å². The van der Waals surface area contributed by atoms with Crippen molar-refractivity contribution in [3.05, 3.63) is 93.8 Å². The van der Waals surface area contributed by atoms with Crippen molar-refractivity contribution in [1.29, 1.82) is 0 Å². The number of benzene rings is 2. The van der Waals surface area contributed by atoms with Crippen LogP contribution in [0.15, 0.2) is 76.4 Å². The van der Waals surface area contributed by atoms with Crippen molar-refractivity contribution in [1.82, 2.24) is 19.7 Å². The first kappa shape index (κ1) is 27.2. The van der Waals surface area contributed by atoms with Gasteiger partial charge < -0.3 is 18.6 Å². The zero-order valence-corrected chi connectivity index (χ0v) is 23.0. The second-order valence-electron chi connectivity index (χ2n) is 9.34. The lowest BCUT2D eigenvalue weighted by molar-refractivity contribution is -0.122. The van der Waals surface area contributed by atoms with Crippen molar-refractivity contribution in [2.45, 2.75) is 25.8 Å². The molecule has 0 aliphatic rings. The van der Waals surface area contributed by atoms with E-state index < -0.39 is 6.04 Å². The van der Waals surface area contributed by atoms with Crippen LogP contribution in [-0.4, -0.2) is 46.3 Å². The van der Waals surface area contributed by atoms with Gasteiger partial charge in [-0.05, 0) is 54.8 Å². The molecule has 3 heterocycles. The number of nitrogens with zero attached hydrogens (tertiary/aromatic N) is 4. The summed E-state index contributed by atoms with van der Waals surface area (Å²) in [4.78, 5) is 35.8. The summed E-state index contributed by atoms with van der Waals surface area (Å²) >= 11 is 6.35. The highest BCUT2D eigenvalue weighted by Crippen LogP contribution is 2.38. The molecule has 0 aliphatic carbocycles. The van der Waals surface area contributed by atoms with Gasteiger partial charge in [0.05, 0.1) is 36.1 Å². The second kappa shape index (κ2) is 11.8. The molecule has 9 nitrogen and oxygen atoms in total. The number of ether oxygens (including phenoxy) is 2. The minimum atomic E-state index is -0.774. The molecule has 0 N–H and O–H groups in total. The number of fused-ring (bicyclic) bond motifs is 1. The quantitative estimate of drug-likeness (QED) is 0.222. The summed E-state index contributed by atoms with van der Waals surface area (Å²) in [6, 6.07) is 13.3. The smallest absolute Gasteiger partial charge is 0.252 e. The molecule has 0 bridgehead atoms. The molecular formula is C30H27ClN4O5. The molecule has 0 saturated carbocycles. The van der Waals surface area contributed by atoms with Gasteiger partial charge in [-0.3, -0.25) is 19.6 Å². The highest BCUT2D eigenvalue weighted by atomic mass is 35.5. The van der Waals surface area contributed by atoms with Gasteiger partial charge in [-0.1, -0.05) is 22.8 Å². The molecular weight excluding hydrogens is 532 g/mol. The zero-order valence-electron chi connectivity index (χ0n) is 22.3. The van der Waals surface area contributed by atoms with Crippen LogP contribution in [0, 0.1) is 6.92 Å². The minimum absolute atomic E-state index is 0.112. The predicted molar refractivity (Wildman–Crippen MR) is 152 cm³/mol. The summed E-state index contributed by atoms with van der Waals surface area (Å²) in [5.74, 6) is 0.789. The maximum atomic E-state index is 13.6. The summed E-state index contributed by atoms with van der Waals surface area (Å²) in [5, 5.41) is 4.47. The Labute approximate surface area is 235 Å². The molecule has 0 spiro atoms. The van der Waals surface area contributed by atoms with Crippen molar-refractivity contribution in [2.75, 3.05) is 20.8 Å². The standard InChI is InChI=1S/C30H27ClN4O5/c1-18-12-28(40-34-18)21-6-5-20(31)15-22(21)23-16-30(37)35(17-29(23)39-3)26(8-11-38-2)27(36)14-19-4-7-24-25(13-19)33-10-9-32-24/h4-7,9-10,12-13,15-17,26H,8,11,14H2,1-3H3. The average Bonchev–Trinajstić information content (AvgIpc) is 3.39. The Morgan fingerprint density at radius 3 is 2.52 bits per heavy atom. The molecule has 0 aliphatic heterocycles. The van der Waals surface area contributed by atoms with Crippen LogP contribution < -0.4 is 10.3 Å². The van der Waals surface area contributed by atoms with Gasteiger partial charge in [-0.2, -0.15) is 0 Å². The molecule has 0 amide bonds. The molecule has 0 saturated heterocycles. The second-order valence-corrected chi connectivity index (χ2v) is 9.78. The first-order chi connectivity index (χ1) is 19.4. The fourth-order valence-electron chi connectivity index (χ4n) is 4.71. The van der Waals surface area contributed by atoms with E-state index in [0.29, 0.717) is 51.8 Å². The minimum Gasteiger partial charge on any atom is -0.495 e. The third-order valence-electron chi connectivity index (χ3n) is 6.64. The SMILES string of the molecule is COCCC(C(=O)Cc1ccc2nccnc2c1)n1cc(OC)c(-c2cc(Cl)ccc2-c2cc(C)no2)cc1=O. The number of carbonyl (C=O) groups excluding carboxylic acids is 1. The fraction of sp³-hybridized carbons (Fsp3) is 0.233. The van der Waals surface area contributed by atoms with Gasteiger partial charge in [0.2, 0.25) is 0 Å². The van der Waals surface area contributed by atoms with Crippen molar-refractivity contribution < 1.29 is 18.8 Å². The van der Waals surface area contributed by atoms with Crippen LogP contribution in [0.25, 0.3) is 33.5 Å². The number of aromatic nitrogens is 4. The normalized spacial score (nSPS) is 12.0. The largest absolute Gasteiger partial charge is 0.495 e. The highest BCUT2D eigenvalue weighted by molar-refractivity contribution is 6.31. The Morgan fingerprint density at radius 1 is 1.00 bits per heavy atom. The van der Waals surface area contributed by atoms with Crippen LogP contribution >= 0.6 is 11.6 Å². The number of pyridine rings is 1. The van der Waals surface area contributed by atoms with E-state index >= 15 is 0 Å². The van der Waals surface area contributed by atoms with Gasteiger partial charge in [-0.25, -0.2) is 0 Å². The first-order valence-electron chi connectivity index (χ1n) is 12.6. The lowest BCUT2D eigenvalue weighted by Gasteiger charge is -2.21. The van der Waals surface area contributed by atoms with Crippen LogP contribution in [0.1, 0.15) is 23.7 Å². The van der Waals surface area contributed by atoms with Gasteiger partial charge in [0.1, 0.15) is 5.75 Å². The van der Waals surface area contributed by atoms with Crippen LogP contribution in [0.5, 0.6) is 5.75 Å². The molecule has 3 aromatic heterocycles. The molecule has 0 radical (unpaired) electrons. The number of ketones is 1. The number of carbonyl (C=O) groups is 1. The lowest BCUT2D eigenvalue weighted by atomic mass is 9.97. The number of aryl methyl sites for hydroxylation is 1. The van der Waals surface area contributed by atoms with E-state index in [0.717, 1.165) is 16.8 Å². The van der Waals surface area contributed by atoms with Crippen molar-refractivity contribution in [2.24, 2.45) is 0 Å². The number of Topliss-reactive ketones (excluding diaryl/α,β-unsaturated/α-hetero) is 1. The Kier molecular flexibility index (Phi) is 8.04. The number of halogens is 1. The van der Waals surface area contributed by atoms with Gasteiger partial charge in [0.25, 0.3) is 5.56 Å². The summed E-state index contributed by atoms with van der Waals surface area (Å²) in [6.45, 7) is 2.12. The number of hydrogen-bond acceptors (Lipinski definition) is 8. The van der Waals surface area contributed by atoms with E-state index in [1.54, 1.807) is 50.0 Å². The molecule has 0 fully saturated rings. The van der Waals surface area contributed by atoms with E-state index in [-0.39, 0.29) is 17.8 Å². The molecule has 5 aromatic rings. The monoisotopic (exact) mass is 558 g/mol. The Morgan fingerprint density at radius 2 is 1.80 bits per heavy atom. The lowest BCUT2D eigenvalue weighted by Crippen LogP contribution is -2.31. The van der Waals surface area contributed by atoms with Crippen molar-refractivity contribution >= 4 is 28.4 Å². The fourth-order valence-corrected chi connectivity index (χ4v) is 4.88. The van der Waals surface area contributed by atoms with Crippen LogP contribution in [0.3, 0.4) is 0 Å². The van der Waals surface area contributed by atoms with Gasteiger partial charge in [0, 0.05) is 60.8 Å². The van der Waals surface area contributed by atoms with Crippen LogP contribution in [-0.2, 0) is 16.0 Å². The van der Waals surface area contributed by atoms with Crippen molar-refractivity contribution in [3.8, 4) is 28.2 Å². The van der Waals surface area contributed by atoms with E-state index in [4.69, 9.17) is 25.6 Å². The van der Waals surface area contributed by atoms with E-state index in [1.807, 2.05) is 25.1 Å². The summed E-state index contributed by atoms with van der Waals surface area (Å²) < 4.78 is 17.9. The summed E-state index contributed by atoms with van der Waals surface area (Å²) in [5.41, 5.74) is 4.43. The molecule has 1 atom stereocenters. The maximum Gasteiger partial charge on any atom is 0.252 e. The van der Waals surface area contributed by atoms with Crippen molar-refractivity contribution in [3.63, 3.8) is 0 Å². The van der Waals surface area contributed by atoms with E-state index in [1.165, 1.54) is 17.7 Å². The number of hydrogen-bond donors (Lipinski definition) is 0. The van der Waals surface area contributed by atoms with E-state index in [2.05, 4.69) is 15.1 Å². The molecule has 5 rings (SSSR count). The van der Waals surface area contributed by atoms with Crippen LogP contribution in [0.2, 0.25) is 5.02 Å². The summed E-state index contributed by atoms with van der Waals surface area (Å²) in [6.07, 6.45) is 5.22. The summed E-state index contributed by atoms with van der Waals surface area (Å²) in [7, 11) is 3.07. The Bertz CT molecular complexity index is 1750. The topological polar surface area (TPSA) is 109 Å². The third kappa shape index (κ3) is 5.66. The van der Waals surface area contributed by atoms with Gasteiger partial charge >= 0.3 is 0 Å². The van der Waals surface area contributed by atoms with Gasteiger partial charge in [0.15, 0.2) is 11.5 Å². The molecule has 204 valence electrons. The number of methoxy groups -OCH3 is 2. The van der Waals surface area contributed by atoms with Crippen LogP contribution in [0.4, 0.5) is 0 Å².